The van der Waals surface area contributed by atoms with E-state index in [0.29, 0.717) is 11.3 Å². The molecule has 0 aromatic heterocycles. The summed E-state index contributed by atoms with van der Waals surface area (Å²) in [5.74, 6) is 0.418. The standard InChI is InChI=1S/C12H23NO2S/c1-12(6-7-12)11(13)9-4-3-5-10(8-9)16(2,14)15/h9-11H,3-8,13H2,1-2H3. The van der Waals surface area contributed by atoms with Gasteiger partial charge >= 0.3 is 0 Å². The highest BCUT2D eigenvalue weighted by molar-refractivity contribution is 7.91. The quantitative estimate of drug-likeness (QED) is 0.823. The molecule has 0 amide bonds. The molecule has 0 aromatic rings. The molecule has 3 atom stereocenters. The molecule has 0 radical (unpaired) electrons. The average Bonchev–Trinajstić information content (AvgIpc) is 2.96. The molecule has 2 aliphatic rings. The summed E-state index contributed by atoms with van der Waals surface area (Å²) in [5, 5.41) is -0.139. The first-order chi connectivity index (χ1) is 7.33. The Morgan fingerprint density at radius 1 is 1.31 bits per heavy atom. The fourth-order valence-electron chi connectivity index (χ4n) is 3.00. The van der Waals surface area contributed by atoms with Gasteiger partial charge in [-0.3, -0.25) is 0 Å². The van der Waals surface area contributed by atoms with Gasteiger partial charge in [0.1, 0.15) is 9.84 Å². The van der Waals surface area contributed by atoms with Crippen molar-refractivity contribution in [3.8, 4) is 0 Å². The van der Waals surface area contributed by atoms with Crippen molar-refractivity contribution < 1.29 is 8.42 Å². The molecule has 0 spiro atoms. The zero-order valence-corrected chi connectivity index (χ0v) is 11.1. The molecule has 2 rings (SSSR count). The van der Waals surface area contributed by atoms with E-state index < -0.39 is 9.84 Å². The van der Waals surface area contributed by atoms with E-state index in [0.717, 1.165) is 25.7 Å². The van der Waals surface area contributed by atoms with Crippen LogP contribution in [0.3, 0.4) is 0 Å². The normalized spacial score (nSPS) is 35.7. The fraction of sp³-hybridized carbons (Fsp3) is 1.00. The minimum atomic E-state index is -2.87. The SMILES string of the molecule is CC1(C(N)C2CCCC(S(C)(=O)=O)C2)CC1. The van der Waals surface area contributed by atoms with Crippen LogP contribution in [0.2, 0.25) is 0 Å². The first-order valence-corrected chi connectivity index (χ1v) is 8.23. The van der Waals surface area contributed by atoms with Crippen LogP contribution in [0.25, 0.3) is 0 Å². The van der Waals surface area contributed by atoms with Gasteiger partial charge < -0.3 is 5.73 Å². The summed E-state index contributed by atoms with van der Waals surface area (Å²) < 4.78 is 23.2. The Labute approximate surface area is 98.7 Å². The van der Waals surface area contributed by atoms with E-state index in [-0.39, 0.29) is 11.3 Å². The van der Waals surface area contributed by atoms with Crippen LogP contribution in [0.1, 0.15) is 45.4 Å². The van der Waals surface area contributed by atoms with Crippen molar-refractivity contribution in [3.63, 3.8) is 0 Å². The van der Waals surface area contributed by atoms with Gasteiger partial charge in [0, 0.05) is 12.3 Å². The average molecular weight is 245 g/mol. The topological polar surface area (TPSA) is 60.2 Å². The van der Waals surface area contributed by atoms with Crippen LogP contribution >= 0.6 is 0 Å². The van der Waals surface area contributed by atoms with E-state index >= 15 is 0 Å². The molecule has 2 N–H and O–H groups in total. The molecule has 0 heterocycles. The van der Waals surface area contributed by atoms with Gasteiger partial charge in [0.05, 0.1) is 5.25 Å². The van der Waals surface area contributed by atoms with Crippen LogP contribution in [0.5, 0.6) is 0 Å². The maximum Gasteiger partial charge on any atom is 0.150 e. The molecule has 2 saturated carbocycles. The Kier molecular flexibility index (Phi) is 3.08. The highest BCUT2D eigenvalue weighted by Crippen LogP contribution is 2.51. The van der Waals surface area contributed by atoms with Gasteiger partial charge in [-0.05, 0) is 43.4 Å². The lowest BCUT2D eigenvalue weighted by Crippen LogP contribution is -2.42. The van der Waals surface area contributed by atoms with Crippen molar-refractivity contribution in [2.45, 2.75) is 56.7 Å². The third-order valence-electron chi connectivity index (χ3n) is 4.62. The number of hydrogen-bond donors (Lipinski definition) is 1. The first-order valence-electron chi connectivity index (χ1n) is 6.27. The minimum absolute atomic E-state index is 0.139. The summed E-state index contributed by atoms with van der Waals surface area (Å²) in [6.07, 6.45) is 7.55. The van der Waals surface area contributed by atoms with E-state index in [1.165, 1.54) is 19.1 Å². The van der Waals surface area contributed by atoms with Crippen molar-refractivity contribution in [1.29, 1.82) is 0 Å². The molecule has 0 bridgehead atoms. The maximum atomic E-state index is 11.6. The van der Waals surface area contributed by atoms with E-state index in [4.69, 9.17) is 5.73 Å². The molecule has 0 saturated heterocycles. The highest BCUT2D eigenvalue weighted by Gasteiger charge is 2.47. The van der Waals surface area contributed by atoms with Crippen molar-refractivity contribution in [2.24, 2.45) is 17.1 Å². The molecule has 4 heteroatoms. The maximum absolute atomic E-state index is 11.6. The van der Waals surface area contributed by atoms with Crippen molar-refractivity contribution in [3.05, 3.63) is 0 Å². The summed E-state index contributed by atoms with van der Waals surface area (Å²) in [6, 6.07) is 0.206. The van der Waals surface area contributed by atoms with Gasteiger partial charge in [0.2, 0.25) is 0 Å². The minimum Gasteiger partial charge on any atom is -0.327 e. The third kappa shape index (κ3) is 2.43. The monoisotopic (exact) mass is 245 g/mol. The molecular weight excluding hydrogens is 222 g/mol. The van der Waals surface area contributed by atoms with Crippen molar-refractivity contribution >= 4 is 9.84 Å². The Morgan fingerprint density at radius 3 is 2.44 bits per heavy atom. The highest BCUT2D eigenvalue weighted by atomic mass is 32.2. The van der Waals surface area contributed by atoms with Crippen LogP contribution < -0.4 is 5.73 Å². The molecule has 3 nitrogen and oxygen atoms in total. The number of hydrogen-bond acceptors (Lipinski definition) is 3. The Morgan fingerprint density at radius 2 is 1.94 bits per heavy atom. The lowest BCUT2D eigenvalue weighted by Gasteiger charge is -2.35. The van der Waals surface area contributed by atoms with Crippen molar-refractivity contribution in [2.75, 3.05) is 6.26 Å². The number of nitrogens with two attached hydrogens (primary N) is 1. The van der Waals surface area contributed by atoms with Gasteiger partial charge in [-0.2, -0.15) is 0 Å². The van der Waals surface area contributed by atoms with E-state index in [1.807, 2.05) is 0 Å². The largest absolute Gasteiger partial charge is 0.327 e. The van der Waals surface area contributed by atoms with E-state index in [1.54, 1.807) is 0 Å². The predicted octanol–water partition coefficient (Wildman–Crippen LogP) is 1.72. The van der Waals surface area contributed by atoms with Crippen LogP contribution in [-0.2, 0) is 9.84 Å². The number of rotatable bonds is 3. The smallest absolute Gasteiger partial charge is 0.150 e. The first kappa shape index (κ1) is 12.4. The lowest BCUT2D eigenvalue weighted by atomic mass is 9.78. The predicted molar refractivity (Wildman–Crippen MR) is 65.9 cm³/mol. The molecular formula is C12H23NO2S. The molecule has 2 fully saturated rings. The van der Waals surface area contributed by atoms with Gasteiger partial charge in [-0.25, -0.2) is 8.42 Å². The molecule has 0 aliphatic heterocycles. The van der Waals surface area contributed by atoms with Crippen molar-refractivity contribution in [1.82, 2.24) is 0 Å². The summed E-state index contributed by atoms with van der Waals surface area (Å²) >= 11 is 0. The van der Waals surface area contributed by atoms with E-state index in [2.05, 4.69) is 6.92 Å². The second-order valence-corrected chi connectivity index (χ2v) is 8.38. The molecule has 3 unspecified atom stereocenters. The Hall–Kier alpha value is -0.0900. The summed E-state index contributed by atoms with van der Waals surface area (Å²) in [5.41, 5.74) is 6.61. The molecule has 2 aliphatic carbocycles. The van der Waals surface area contributed by atoms with Crippen LogP contribution in [0.15, 0.2) is 0 Å². The summed E-state index contributed by atoms with van der Waals surface area (Å²) in [4.78, 5) is 0. The Balaban J connectivity index is 2.02. The summed E-state index contributed by atoms with van der Waals surface area (Å²) in [6.45, 7) is 2.24. The third-order valence-corrected chi connectivity index (χ3v) is 6.26. The van der Waals surface area contributed by atoms with E-state index in [9.17, 15) is 8.42 Å². The van der Waals surface area contributed by atoms with Crippen LogP contribution in [-0.4, -0.2) is 26.0 Å². The molecule has 16 heavy (non-hydrogen) atoms. The second kappa shape index (κ2) is 3.98. The lowest BCUT2D eigenvalue weighted by molar-refractivity contribution is 0.242. The fourth-order valence-corrected chi connectivity index (χ4v) is 4.19. The van der Waals surface area contributed by atoms with Crippen LogP contribution in [0.4, 0.5) is 0 Å². The molecule has 0 aromatic carbocycles. The Bertz CT molecular complexity index is 359. The van der Waals surface area contributed by atoms with Crippen LogP contribution in [0, 0.1) is 11.3 Å². The van der Waals surface area contributed by atoms with Gasteiger partial charge in [0.25, 0.3) is 0 Å². The molecule has 94 valence electrons. The van der Waals surface area contributed by atoms with Gasteiger partial charge in [-0.1, -0.05) is 13.3 Å². The second-order valence-electron chi connectivity index (χ2n) is 6.06. The number of sulfone groups is 1. The zero-order chi connectivity index (χ0) is 12.0. The summed E-state index contributed by atoms with van der Waals surface area (Å²) in [7, 11) is -2.87. The van der Waals surface area contributed by atoms with Gasteiger partial charge in [-0.15, -0.1) is 0 Å². The zero-order valence-electron chi connectivity index (χ0n) is 10.3. The van der Waals surface area contributed by atoms with Gasteiger partial charge in [0.15, 0.2) is 0 Å².